The summed E-state index contributed by atoms with van der Waals surface area (Å²) in [5, 5.41) is 9.01. The van der Waals surface area contributed by atoms with Crippen molar-refractivity contribution in [2.45, 2.75) is 27.2 Å². The lowest BCUT2D eigenvalue weighted by Crippen LogP contribution is -1.87. The number of aromatic hydroxyl groups is 1. The van der Waals surface area contributed by atoms with E-state index in [-0.39, 0.29) is 5.75 Å². The molecule has 0 atom stereocenters. The van der Waals surface area contributed by atoms with Crippen LogP contribution in [-0.4, -0.2) is 5.11 Å². The molecule has 12 heavy (non-hydrogen) atoms. The number of benzene rings is 1. The highest BCUT2D eigenvalue weighted by Gasteiger charge is 1.95. The van der Waals surface area contributed by atoms with E-state index in [0.717, 1.165) is 12.0 Å². The van der Waals surface area contributed by atoms with Gasteiger partial charge in [-0.1, -0.05) is 26.8 Å². The zero-order valence-corrected chi connectivity index (χ0v) is 7.96. The van der Waals surface area contributed by atoms with Crippen molar-refractivity contribution in [2.24, 2.45) is 0 Å². The summed E-state index contributed by atoms with van der Waals surface area (Å²) in [4.78, 5) is 0. The van der Waals surface area contributed by atoms with Gasteiger partial charge in [-0.15, -0.1) is 0 Å². The molecule has 0 bridgehead atoms. The van der Waals surface area contributed by atoms with Crippen LogP contribution in [0.2, 0.25) is 0 Å². The molecule has 0 fully saturated rings. The predicted octanol–water partition coefficient (Wildman–Crippen LogP) is 2.56. The van der Waals surface area contributed by atoms with Gasteiger partial charge in [0.25, 0.3) is 0 Å². The van der Waals surface area contributed by atoms with Gasteiger partial charge in [-0.25, -0.2) is 0 Å². The number of aryl methyl sites for hydroxylation is 1. The standard InChI is InChI=1S/C8H11NO.C2H6/c1-2-6-3-4-8(10)7(9)5-6;1-2/h3-5,10H,2,9H2,1H3;1-2H3. The molecule has 0 aliphatic heterocycles. The van der Waals surface area contributed by atoms with E-state index in [1.165, 1.54) is 0 Å². The van der Waals surface area contributed by atoms with Gasteiger partial charge in [0.2, 0.25) is 0 Å². The van der Waals surface area contributed by atoms with E-state index < -0.39 is 0 Å². The van der Waals surface area contributed by atoms with E-state index in [9.17, 15) is 0 Å². The van der Waals surface area contributed by atoms with Crippen LogP contribution in [0.4, 0.5) is 5.69 Å². The van der Waals surface area contributed by atoms with E-state index in [1.54, 1.807) is 12.1 Å². The minimum absolute atomic E-state index is 0.164. The summed E-state index contributed by atoms with van der Waals surface area (Å²) in [5.41, 5.74) is 7.05. The van der Waals surface area contributed by atoms with Crippen LogP contribution in [0.25, 0.3) is 0 Å². The van der Waals surface area contributed by atoms with E-state index in [2.05, 4.69) is 0 Å². The van der Waals surface area contributed by atoms with Crippen LogP contribution in [0.1, 0.15) is 26.3 Å². The van der Waals surface area contributed by atoms with Crippen molar-refractivity contribution in [3.63, 3.8) is 0 Å². The molecular formula is C10H17NO. The fraction of sp³-hybridized carbons (Fsp3) is 0.400. The Hall–Kier alpha value is -1.18. The maximum Gasteiger partial charge on any atom is 0.138 e. The number of anilines is 1. The number of hydrogen-bond donors (Lipinski definition) is 2. The van der Waals surface area contributed by atoms with Crippen molar-refractivity contribution >= 4 is 5.69 Å². The fourth-order valence-corrected chi connectivity index (χ4v) is 0.824. The average Bonchev–Trinajstić information content (AvgIpc) is 2.13. The monoisotopic (exact) mass is 167 g/mol. The molecule has 0 radical (unpaired) electrons. The first-order chi connectivity index (χ1) is 5.74. The second kappa shape index (κ2) is 5.47. The maximum absolute atomic E-state index is 9.01. The van der Waals surface area contributed by atoms with Gasteiger partial charge in [-0.2, -0.15) is 0 Å². The Morgan fingerprint density at radius 2 is 1.92 bits per heavy atom. The summed E-state index contributed by atoms with van der Waals surface area (Å²) in [7, 11) is 0. The maximum atomic E-state index is 9.01. The molecule has 0 saturated carbocycles. The van der Waals surface area contributed by atoms with Crippen LogP contribution < -0.4 is 5.73 Å². The molecule has 0 heterocycles. The Balaban J connectivity index is 0.000000561. The zero-order valence-electron chi connectivity index (χ0n) is 7.96. The van der Waals surface area contributed by atoms with Gasteiger partial charge >= 0.3 is 0 Å². The van der Waals surface area contributed by atoms with E-state index in [1.807, 2.05) is 26.8 Å². The topological polar surface area (TPSA) is 46.2 Å². The molecular weight excluding hydrogens is 150 g/mol. The zero-order chi connectivity index (χ0) is 9.56. The number of nitrogens with two attached hydrogens (primary N) is 1. The number of nitrogen functional groups attached to an aromatic ring is 1. The molecule has 2 heteroatoms. The van der Waals surface area contributed by atoms with Crippen molar-refractivity contribution in [1.29, 1.82) is 0 Å². The molecule has 0 saturated heterocycles. The van der Waals surface area contributed by atoms with Crippen LogP contribution in [0.3, 0.4) is 0 Å². The Morgan fingerprint density at radius 1 is 1.33 bits per heavy atom. The first-order valence-corrected chi connectivity index (χ1v) is 4.31. The highest BCUT2D eigenvalue weighted by molar-refractivity contribution is 5.53. The van der Waals surface area contributed by atoms with Crippen molar-refractivity contribution in [1.82, 2.24) is 0 Å². The Morgan fingerprint density at radius 3 is 2.33 bits per heavy atom. The van der Waals surface area contributed by atoms with Crippen LogP contribution in [-0.2, 0) is 6.42 Å². The van der Waals surface area contributed by atoms with Crippen molar-refractivity contribution in [3.8, 4) is 5.75 Å². The third-order valence-corrected chi connectivity index (χ3v) is 1.50. The third kappa shape index (κ3) is 2.82. The first-order valence-electron chi connectivity index (χ1n) is 4.31. The summed E-state index contributed by atoms with van der Waals surface area (Å²) in [6.07, 6.45) is 0.949. The van der Waals surface area contributed by atoms with Crippen LogP contribution in [0.5, 0.6) is 5.75 Å². The Labute approximate surface area is 74.0 Å². The molecule has 0 amide bonds. The van der Waals surface area contributed by atoms with Gasteiger partial charge in [0.1, 0.15) is 5.75 Å². The lowest BCUT2D eigenvalue weighted by molar-refractivity contribution is 0.478. The summed E-state index contributed by atoms with van der Waals surface area (Å²) >= 11 is 0. The van der Waals surface area contributed by atoms with Crippen LogP contribution in [0, 0.1) is 0 Å². The Bertz CT molecular complexity index is 233. The summed E-state index contributed by atoms with van der Waals surface area (Å²) in [6, 6.07) is 5.27. The summed E-state index contributed by atoms with van der Waals surface area (Å²) in [6.45, 7) is 6.05. The minimum atomic E-state index is 0.164. The van der Waals surface area contributed by atoms with E-state index >= 15 is 0 Å². The van der Waals surface area contributed by atoms with E-state index in [0.29, 0.717) is 5.69 Å². The number of rotatable bonds is 1. The van der Waals surface area contributed by atoms with Crippen LogP contribution >= 0.6 is 0 Å². The molecule has 1 aromatic rings. The lowest BCUT2D eigenvalue weighted by atomic mass is 10.1. The van der Waals surface area contributed by atoms with Crippen molar-refractivity contribution in [2.75, 3.05) is 5.73 Å². The number of hydrogen-bond acceptors (Lipinski definition) is 2. The first kappa shape index (κ1) is 10.8. The molecule has 1 aromatic carbocycles. The van der Waals surface area contributed by atoms with Gasteiger partial charge in [0, 0.05) is 0 Å². The molecule has 0 aromatic heterocycles. The molecule has 2 nitrogen and oxygen atoms in total. The van der Waals surface area contributed by atoms with Crippen LogP contribution in [0.15, 0.2) is 18.2 Å². The molecule has 0 aliphatic carbocycles. The fourth-order valence-electron chi connectivity index (χ4n) is 0.824. The van der Waals surface area contributed by atoms with Gasteiger partial charge < -0.3 is 10.8 Å². The quantitative estimate of drug-likeness (QED) is 0.498. The predicted molar refractivity (Wildman–Crippen MR) is 53.2 cm³/mol. The van der Waals surface area contributed by atoms with Crippen molar-refractivity contribution in [3.05, 3.63) is 23.8 Å². The second-order valence-electron chi connectivity index (χ2n) is 2.25. The summed E-state index contributed by atoms with van der Waals surface area (Å²) in [5.74, 6) is 0.164. The second-order valence-corrected chi connectivity index (χ2v) is 2.25. The lowest BCUT2D eigenvalue weighted by Gasteiger charge is -1.99. The number of phenolic OH excluding ortho intramolecular Hbond substituents is 1. The smallest absolute Gasteiger partial charge is 0.138 e. The highest BCUT2D eigenvalue weighted by Crippen LogP contribution is 2.20. The van der Waals surface area contributed by atoms with Gasteiger partial charge in [0.05, 0.1) is 5.69 Å². The van der Waals surface area contributed by atoms with E-state index in [4.69, 9.17) is 10.8 Å². The van der Waals surface area contributed by atoms with Gasteiger partial charge in [-0.05, 0) is 24.1 Å². The molecule has 3 N–H and O–H groups in total. The molecule has 0 unspecified atom stereocenters. The van der Waals surface area contributed by atoms with Gasteiger partial charge in [-0.3, -0.25) is 0 Å². The van der Waals surface area contributed by atoms with Gasteiger partial charge in [0.15, 0.2) is 0 Å². The minimum Gasteiger partial charge on any atom is -0.506 e. The van der Waals surface area contributed by atoms with Crippen molar-refractivity contribution < 1.29 is 5.11 Å². The normalized spacial score (nSPS) is 8.58. The Kier molecular flexibility index (Phi) is 4.93. The molecule has 68 valence electrons. The number of phenols is 1. The largest absolute Gasteiger partial charge is 0.506 e. The molecule has 1 rings (SSSR count). The third-order valence-electron chi connectivity index (χ3n) is 1.50. The summed E-state index contributed by atoms with van der Waals surface area (Å²) < 4.78 is 0. The highest BCUT2D eigenvalue weighted by atomic mass is 16.3. The average molecular weight is 167 g/mol. The molecule has 0 spiro atoms. The SMILES string of the molecule is CC.CCc1ccc(O)c(N)c1. The molecule has 0 aliphatic rings.